The molecule has 0 aliphatic carbocycles. The second kappa shape index (κ2) is 3.65. The van der Waals surface area contributed by atoms with Gasteiger partial charge in [-0.25, -0.2) is 0 Å². The zero-order valence-corrected chi connectivity index (χ0v) is 9.68. The summed E-state index contributed by atoms with van der Waals surface area (Å²) in [6.07, 6.45) is 1.51. The van der Waals surface area contributed by atoms with Gasteiger partial charge in [-0.15, -0.1) is 5.10 Å². The van der Waals surface area contributed by atoms with Gasteiger partial charge in [-0.05, 0) is 18.2 Å². The van der Waals surface area contributed by atoms with Crippen LogP contribution in [0.4, 0.5) is 11.4 Å². The first-order valence-corrected chi connectivity index (χ1v) is 6.36. The Balaban J connectivity index is 2.09. The van der Waals surface area contributed by atoms with E-state index < -0.39 is 10.1 Å². The summed E-state index contributed by atoms with van der Waals surface area (Å²) < 4.78 is 36.4. The molecule has 0 radical (unpaired) electrons. The second-order valence-corrected chi connectivity index (χ2v) is 5.03. The van der Waals surface area contributed by atoms with Gasteiger partial charge in [0.15, 0.2) is 5.75 Å². The number of nitrogens with zero attached hydrogens (tertiary/aromatic N) is 2. The minimum Gasteiger partial charge on any atom is -0.434 e. The van der Waals surface area contributed by atoms with Crippen LogP contribution in [0.1, 0.15) is 0 Å². The van der Waals surface area contributed by atoms with Gasteiger partial charge >= 0.3 is 0 Å². The summed E-state index contributed by atoms with van der Waals surface area (Å²) in [5.41, 5.74) is 1.22. The number of rotatable bonds is 1. The standard InChI is InChI=1S/C10H7N3O4S/c14-18(15,16)6-1-2-7-9(5-6)17-10-8(12-7)3-4-11-13-10/h1-5,12H,(H,14,15,16). The predicted molar refractivity (Wildman–Crippen MR) is 61.6 cm³/mol. The lowest BCUT2D eigenvalue weighted by Gasteiger charge is -2.20. The Labute approximate surface area is 102 Å². The Morgan fingerprint density at radius 2 is 2.06 bits per heavy atom. The summed E-state index contributed by atoms with van der Waals surface area (Å²) in [6.45, 7) is 0. The molecule has 2 N–H and O–H groups in total. The Hall–Kier alpha value is -2.19. The quantitative estimate of drug-likeness (QED) is 0.644. The number of nitrogens with one attached hydrogen (secondary N) is 1. The number of hydrogen-bond donors (Lipinski definition) is 2. The predicted octanol–water partition coefficient (Wildman–Crippen LogP) is 1.57. The first-order chi connectivity index (χ1) is 8.54. The van der Waals surface area contributed by atoms with Gasteiger partial charge in [0.2, 0.25) is 0 Å². The molecule has 0 atom stereocenters. The zero-order valence-electron chi connectivity index (χ0n) is 8.86. The highest BCUT2D eigenvalue weighted by Gasteiger charge is 2.20. The minimum absolute atomic E-state index is 0.240. The molecule has 0 spiro atoms. The molecule has 8 heteroatoms. The Bertz CT molecular complexity index is 730. The SMILES string of the molecule is O=S(=O)(O)c1ccc2c(c1)Oc1nnccc1N2. The molecule has 1 aliphatic heterocycles. The number of hydrogen-bond acceptors (Lipinski definition) is 6. The van der Waals surface area contributed by atoms with Crippen molar-refractivity contribution in [3.63, 3.8) is 0 Å². The highest BCUT2D eigenvalue weighted by molar-refractivity contribution is 7.85. The average molecular weight is 265 g/mol. The van der Waals surface area contributed by atoms with Crippen molar-refractivity contribution in [1.82, 2.24) is 10.2 Å². The molecule has 92 valence electrons. The van der Waals surface area contributed by atoms with Crippen LogP contribution in [0.2, 0.25) is 0 Å². The van der Waals surface area contributed by atoms with Crippen LogP contribution in [0.3, 0.4) is 0 Å². The largest absolute Gasteiger partial charge is 0.434 e. The van der Waals surface area contributed by atoms with Crippen LogP contribution >= 0.6 is 0 Å². The third-order valence-corrected chi connectivity index (χ3v) is 3.26. The molecule has 18 heavy (non-hydrogen) atoms. The maximum atomic E-state index is 11.0. The van der Waals surface area contributed by atoms with E-state index in [0.717, 1.165) is 0 Å². The normalized spacial score (nSPS) is 12.9. The maximum absolute atomic E-state index is 11.0. The molecule has 3 rings (SSSR count). The zero-order chi connectivity index (χ0) is 12.8. The van der Waals surface area contributed by atoms with Crippen molar-refractivity contribution in [3.05, 3.63) is 30.5 Å². The van der Waals surface area contributed by atoms with Crippen molar-refractivity contribution in [1.29, 1.82) is 0 Å². The summed E-state index contributed by atoms with van der Waals surface area (Å²) >= 11 is 0. The fourth-order valence-corrected chi connectivity index (χ4v) is 2.09. The van der Waals surface area contributed by atoms with Crippen LogP contribution in [-0.2, 0) is 10.1 Å². The Kier molecular flexibility index (Phi) is 2.22. The van der Waals surface area contributed by atoms with Gasteiger partial charge in [-0.3, -0.25) is 4.55 Å². The lowest BCUT2D eigenvalue weighted by molar-refractivity contribution is 0.450. The average Bonchev–Trinajstić information content (AvgIpc) is 2.34. The van der Waals surface area contributed by atoms with E-state index in [0.29, 0.717) is 11.4 Å². The van der Waals surface area contributed by atoms with Gasteiger partial charge in [0.05, 0.1) is 16.8 Å². The Morgan fingerprint density at radius 1 is 1.22 bits per heavy atom. The molecule has 1 aromatic carbocycles. The van der Waals surface area contributed by atoms with Gasteiger partial charge < -0.3 is 10.1 Å². The van der Waals surface area contributed by atoms with E-state index in [-0.39, 0.29) is 16.5 Å². The molecule has 0 fully saturated rings. The minimum atomic E-state index is -4.26. The van der Waals surface area contributed by atoms with E-state index in [1.807, 2.05) is 0 Å². The van der Waals surface area contributed by atoms with Gasteiger partial charge in [-0.2, -0.15) is 13.5 Å². The van der Waals surface area contributed by atoms with Crippen molar-refractivity contribution >= 4 is 21.5 Å². The van der Waals surface area contributed by atoms with Crippen LogP contribution in [0.25, 0.3) is 0 Å². The van der Waals surface area contributed by atoms with Crippen molar-refractivity contribution < 1.29 is 17.7 Å². The van der Waals surface area contributed by atoms with Crippen LogP contribution in [0.5, 0.6) is 11.6 Å². The van der Waals surface area contributed by atoms with E-state index >= 15 is 0 Å². The number of benzene rings is 1. The molecule has 0 bridgehead atoms. The number of anilines is 2. The van der Waals surface area contributed by atoms with Gasteiger partial charge in [0.25, 0.3) is 16.0 Å². The number of fused-ring (bicyclic) bond motifs is 2. The van der Waals surface area contributed by atoms with E-state index in [1.54, 1.807) is 6.07 Å². The topological polar surface area (TPSA) is 101 Å². The van der Waals surface area contributed by atoms with Gasteiger partial charge in [-0.1, -0.05) is 0 Å². The van der Waals surface area contributed by atoms with E-state index in [2.05, 4.69) is 15.5 Å². The molecular formula is C10H7N3O4S. The third-order valence-electron chi connectivity index (χ3n) is 2.41. The van der Waals surface area contributed by atoms with Crippen molar-refractivity contribution in [2.24, 2.45) is 0 Å². The molecule has 0 saturated heterocycles. The summed E-state index contributed by atoms with van der Waals surface area (Å²) in [5.74, 6) is 0.510. The lowest BCUT2D eigenvalue weighted by atomic mass is 10.2. The van der Waals surface area contributed by atoms with Crippen LogP contribution in [0.15, 0.2) is 35.4 Å². The highest BCUT2D eigenvalue weighted by atomic mass is 32.2. The molecule has 7 nitrogen and oxygen atoms in total. The summed E-state index contributed by atoms with van der Waals surface area (Å²) in [5, 5.41) is 10.4. The lowest BCUT2D eigenvalue weighted by Crippen LogP contribution is -2.06. The van der Waals surface area contributed by atoms with E-state index in [9.17, 15) is 8.42 Å². The smallest absolute Gasteiger partial charge is 0.294 e. The first-order valence-electron chi connectivity index (χ1n) is 4.92. The number of aromatic nitrogens is 2. The maximum Gasteiger partial charge on any atom is 0.294 e. The highest BCUT2D eigenvalue weighted by Crippen LogP contribution is 2.40. The van der Waals surface area contributed by atoms with Crippen LogP contribution in [0, 0.1) is 0 Å². The molecular weight excluding hydrogens is 258 g/mol. The fourth-order valence-electron chi connectivity index (χ4n) is 1.59. The first kappa shape index (κ1) is 10.9. The molecule has 2 aromatic rings. The molecule has 0 amide bonds. The molecule has 0 unspecified atom stereocenters. The van der Waals surface area contributed by atoms with Crippen LogP contribution < -0.4 is 10.1 Å². The summed E-state index contributed by atoms with van der Waals surface area (Å²) in [7, 11) is -4.26. The monoisotopic (exact) mass is 265 g/mol. The van der Waals surface area contributed by atoms with Crippen molar-refractivity contribution in [2.45, 2.75) is 4.90 Å². The third kappa shape index (κ3) is 1.77. The fraction of sp³-hybridized carbons (Fsp3) is 0. The van der Waals surface area contributed by atoms with Crippen LogP contribution in [-0.4, -0.2) is 23.2 Å². The van der Waals surface area contributed by atoms with Gasteiger partial charge in [0, 0.05) is 6.07 Å². The van der Waals surface area contributed by atoms with E-state index in [1.165, 1.54) is 24.4 Å². The van der Waals surface area contributed by atoms with Crippen molar-refractivity contribution in [2.75, 3.05) is 5.32 Å². The molecule has 2 heterocycles. The second-order valence-electron chi connectivity index (χ2n) is 3.61. The number of ether oxygens (including phenoxy) is 1. The molecule has 0 saturated carbocycles. The molecule has 1 aromatic heterocycles. The molecule has 1 aliphatic rings. The summed E-state index contributed by atoms with van der Waals surface area (Å²) in [6, 6.07) is 5.68. The van der Waals surface area contributed by atoms with Gasteiger partial charge in [0.1, 0.15) is 5.69 Å². The van der Waals surface area contributed by atoms with E-state index in [4.69, 9.17) is 9.29 Å². The van der Waals surface area contributed by atoms with Crippen molar-refractivity contribution in [3.8, 4) is 11.6 Å². The summed E-state index contributed by atoms with van der Waals surface area (Å²) in [4.78, 5) is -0.240. The Morgan fingerprint density at radius 3 is 2.83 bits per heavy atom.